The van der Waals surface area contributed by atoms with E-state index in [4.69, 9.17) is 0 Å². The predicted octanol–water partition coefficient (Wildman–Crippen LogP) is 3.43. The van der Waals surface area contributed by atoms with Crippen LogP contribution in [0.25, 0.3) is 0 Å². The van der Waals surface area contributed by atoms with Crippen LogP contribution in [0.4, 0.5) is 0 Å². The summed E-state index contributed by atoms with van der Waals surface area (Å²) in [5.74, 6) is 3.21. The Balaban J connectivity index is 2.23. The van der Waals surface area contributed by atoms with Gasteiger partial charge in [-0.15, -0.1) is 0 Å². The molecule has 80 valence electrons. The molecule has 0 bridgehead atoms. The van der Waals surface area contributed by atoms with Crippen molar-refractivity contribution in [1.29, 1.82) is 0 Å². The fourth-order valence-electron chi connectivity index (χ4n) is 2.14. The Morgan fingerprint density at radius 3 is 3.00 bits per heavy atom. The Morgan fingerprint density at radius 2 is 2.29 bits per heavy atom. The van der Waals surface area contributed by atoms with E-state index < -0.39 is 0 Å². The molecule has 0 saturated carbocycles. The topological polar surface area (TPSA) is 3.24 Å². The lowest BCUT2D eigenvalue weighted by atomic mass is 10.1. The van der Waals surface area contributed by atoms with E-state index in [1.165, 1.54) is 45.2 Å². The number of unbranched alkanes of at least 4 members (excludes halogenated alkanes) is 2. The van der Waals surface area contributed by atoms with Gasteiger partial charge in [-0.3, -0.25) is 4.90 Å². The zero-order valence-corrected chi connectivity index (χ0v) is 11.2. The van der Waals surface area contributed by atoms with E-state index in [9.17, 15) is 0 Å². The Labute approximate surface area is 102 Å². The molecule has 0 radical (unpaired) electrons. The first kappa shape index (κ1) is 12.3. The van der Waals surface area contributed by atoms with Crippen LogP contribution in [-0.4, -0.2) is 24.0 Å². The molecule has 0 N–H and O–H groups in total. The molecular weight excluding hydrogens is 285 g/mol. The third-order valence-corrected chi connectivity index (χ3v) is 3.33. The molecule has 1 aliphatic heterocycles. The van der Waals surface area contributed by atoms with Crippen LogP contribution < -0.4 is 0 Å². The SMILES string of the molecule is CCCCCN1CCCC1CC#CI. The van der Waals surface area contributed by atoms with Crippen LogP contribution in [0.2, 0.25) is 0 Å². The van der Waals surface area contributed by atoms with Gasteiger partial charge in [-0.2, -0.15) is 0 Å². The van der Waals surface area contributed by atoms with Crippen LogP contribution in [0.3, 0.4) is 0 Å². The Hall–Kier alpha value is 0.250. The van der Waals surface area contributed by atoms with Crippen molar-refractivity contribution in [2.45, 2.75) is 51.5 Å². The van der Waals surface area contributed by atoms with E-state index in [2.05, 4.69) is 44.3 Å². The van der Waals surface area contributed by atoms with Crippen molar-refractivity contribution in [3.8, 4) is 9.85 Å². The molecule has 0 aromatic heterocycles. The standard InChI is InChI=1S/C12H20IN/c1-2-3-4-10-14-11-6-8-12(14)7-5-9-13/h12H,2-4,6-8,10-11H2,1H3. The van der Waals surface area contributed by atoms with Gasteiger partial charge in [0.2, 0.25) is 0 Å². The van der Waals surface area contributed by atoms with Gasteiger partial charge in [-0.1, -0.05) is 25.7 Å². The second-order valence-corrected chi connectivity index (χ2v) is 4.55. The van der Waals surface area contributed by atoms with Crippen LogP contribution in [0.1, 0.15) is 45.4 Å². The van der Waals surface area contributed by atoms with Crippen molar-refractivity contribution in [2.75, 3.05) is 13.1 Å². The molecule has 1 fully saturated rings. The highest BCUT2D eigenvalue weighted by Gasteiger charge is 2.22. The highest BCUT2D eigenvalue weighted by atomic mass is 127. The van der Waals surface area contributed by atoms with Gasteiger partial charge in [-0.25, -0.2) is 0 Å². The summed E-state index contributed by atoms with van der Waals surface area (Å²) in [5.41, 5.74) is 0. The molecule has 1 saturated heterocycles. The minimum Gasteiger partial charge on any atom is -0.299 e. The second kappa shape index (κ2) is 7.53. The molecule has 0 aromatic rings. The molecule has 14 heavy (non-hydrogen) atoms. The summed E-state index contributed by atoms with van der Waals surface area (Å²) in [7, 11) is 0. The lowest BCUT2D eigenvalue weighted by Crippen LogP contribution is -2.29. The van der Waals surface area contributed by atoms with E-state index in [1.54, 1.807) is 0 Å². The van der Waals surface area contributed by atoms with Crippen molar-refractivity contribution in [1.82, 2.24) is 4.90 Å². The number of halogens is 1. The molecule has 0 spiro atoms. The van der Waals surface area contributed by atoms with Gasteiger partial charge >= 0.3 is 0 Å². The van der Waals surface area contributed by atoms with Gasteiger partial charge in [0.25, 0.3) is 0 Å². The number of hydrogen-bond acceptors (Lipinski definition) is 1. The summed E-state index contributed by atoms with van der Waals surface area (Å²) in [6.07, 6.45) is 7.88. The normalized spacial score (nSPS) is 22.0. The minimum absolute atomic E-state index is 0.758. The van der Waals surface area contributed by atoms with Gasteiger partial charge in [0, 0.05) is 35.1 Å². The van der Waals surface area contributed by atoms with Crippen molar-refractivity contribution < 1.29 is 0 Å². The van der Waals surface area contributed by atoms with E-state index in [0.29, 0.717) is 0 Å². The average Bonchev–Trinajstić information content (AvgIpc) is 2.63. The van der Waals surface area contributed by atoms with Crippen molar-refractivity contribution >= 4 is 22.6 Å². The fraction of sp³-hybridized carbons (Fsp3) is 0.833. The van der Waals surface area contributed by atoms with Gasteiger partial charge in [-0.05, 0) is 36.3 Å². The Morgan fingerprint density at radius 1 is 1.43 bits per heavy atom. The molecule has 1 rings (SSSR count). The largest absolute Gasteiger partial charge is 0.299 e. The average molecular weight is 305 g/mol. The highest BCUT2D eigenvalue weighted by molar-refractivity contribution is 14.1. The number of hydrogen-bond donors (Lipinski definition) is 0. The Kier molecular flexibility index (Phi) is 6.63. The van der Waals surface area contributed by atoms with E-state index in [1.807, 2.05) is 0 Å². The lowest BCUT2D eigenvalue weighted by Gasteiger charge is -2.22. The smallest absolute Gasteiger partial charge is 0.0253 e. The van der Waals surface area contributed by atoms with Crippen LogP contribution in [-0.2, 0) is 0 Å². The zero-order chi connectivity index (χ0) is 10.2. The van der Waals surface area contributed by atoms with Gasteiger partial charge in [0.15, 0.2) is 0 Å². The first-order valence-electron chi connectivity index (χ1n) is 5.71. The van der Waals surface area contributed by atoms with E-state index >= 15 is 0 Å². The van der Waals surface area contributed by atoms with Gasteiger partial charge < -0.3 is 0 Å². The molecule has 1 aliphatic rings. The summed E-state index contributed by atoms with van der Waals surface area (Å²) in [6.45, 7) is 4.86. The first-order chi connectivity index (χ1) is 6.88. The summed E-state index contributed by atoms with van der Waals surface area (Å²) in [4.78, 5) is 2.64. The van der Waals surface area contributed by atoms with Crippen LogP contribution in [0, 0.1) is 9.85 Å². The zero-order valence-electron chi connectivity index (χ0n) is 9.06. The molecule has 1 heterocycles. The highest BCUT2D eigenvalue weighted by Crippen LogP contribution is 2.20. The Bertz CT molecular complexity index is 204. The quantitative estimate of drug-likeness (QED) is 0.427. The summed E-state index contributed by atoms with van der Waals surface area (Å²) in [5, 5.41) is 0. The third kappa shape index (κ3) is 4.18. The maximum atomic E-state index is 3.21. The molecule has 0 aliphatic carbocycles. The monoisotopic (exact) mass is 305 g/mol. The first-order valence-corrected chi connectivity index (χ1v) is 6.79. The molecule has 1 unspecified atom stereocenters. The van der Waals surface area contributed by atoms with Crippen LogP contribution in [0.15, 0.2) is 0 Å². The fourth-order valence-corrected chi connectivity index (χ4v) is 2.36. The van der Waals surface area contributed by atoms with Crippen molar-refractivity contribution in [3.63, 3.8) is 0 Å². The van der Waals surface area contributed by atoms with E-state index in [-0.39, 0.29) is 0 Å². The number of likely N-dealkylation sites (tertiary alicyclic amines) is 1. The molecule has 2 heteroatoms. The molecular formula is C12H20IN. The van der Waals surface area contributed by atoms with Crippen LogP contribution in [0.5, 0.6) is 0 Å². The van der Waals surface area contributed by atoms with Crippen molar-refractivity contribution in [3.05, 3.63) is 0 Å². The number of nitrogens with zero attached hydrogens (tertiary/aromatic N) is 1. The second-order valence-electron chi connectivity index (χ2n) is 4.01. The summed E-state index contributed by atoms with van der Waals surface area (Å²) >= 11 is 2.14. The molecule has 0 amide bonds. The summed E-state index contributed by atoms with van der Waals surface area (Å²) < 4.78 is 2.98. The third-order valence-electron chi connectivity index (χ3n) is 2.95. The lowest BCUT2D eigenvalue weighted by molar-refractivity contribution is 0.251. The minimum atomic E-state index is 0.758. The van der Waals surface area contributed by atoms with Crippen molar-refractivity contribution in [2.24, 2.45) is 0 Å². The molecule has 0 aromatic carbocycles. The van der Waals surface area contributed by atoms with Gasteiger partial charge in [0.1, 0.15) is 0 Å². The maximum absolute atomic E-state index is 3.21. The van der Waals surface area contributed by atoms with Gasteiger partial charge in [0.05, 0.1) is 0 Å². The predicted molar refractivity (Wildman–Crippen MR) is 70.5 cm³/mol. The summed E-state index contributed by atoms with van der Waals surface area (Å²) in [6, 6.07) is 0.758. The number of rotatable bonds is 5. The molecule has 1 nitrogen and oxygen atoms in total. The van der Waals surface area contributed by atoms with E-state index in [0.717, 1.165) is 12.5 Å². The molecule has 1 atom stereocenters. The van der Waals surface area contributed by atoms with Crippen LogP contribution >= 0.6 is 22.6 Å². The maximum Gasteiger partial charge on any atom is 0.0253 e.